The zero-order valence-electron chi connectivity index (χ0n) is 16.9. The smallest absolute Gasteiger partial charge is 0.251 e. The maximum absolute atomic E-state index is 12.6. The van der Waals surface area contributed by atoms with Crippen LogP contribution >= 0.6 is 11.6 Å². The first-order chi connectivity index (χ1) is 14.6. The molecule has 0 saturated carbocycles. The van der Waals surface area contributed by atoms with Crippen LogP contribution in [0.5, 0.6) is 11.5 Å². The number of hydrogen-bond acceptors (Lipinski definition) is 7. The molecule has 9 heteroatoms. The van der Waals surface area contributed by atoms with Gasteiger partial charge in [-0.2, -0.15) is 4.98 Å². The summed E-state index contributed by atoms with van der Waals surface area (Å²) in [6, 6.07) is 8.56. The third kappa shape index (κ3) is 5.48. The number of nitrogens with zero attached hydrogens (tertiary/aromatic N) is 3. The Balaban J connectivity index is 1.68. The highest BCUT2D eigenvalue weighted by Crippen LogP contribution is 2.37. The molecule has 0 radical (unpaired) electrons. The van der Waals surface area contributed by atoms with Gasteiger partial charge in [0, 0.05) is 11.8 Å². The Morgan fingerprint density at radius 3 is 2.83 bits per heavy atom. The van der Waals surface area contributed by atoms with Crippen LogP contribution in [0.25, 0.3) is 11.5 Å². The molecule has 0 fully saturated rings. The molecule has 1 aromatic carbocycles. The minimum absolute atomic E-state index is 0.0645. The highest BCUT2D eigenvalue weighted by atomic mass is 35.5. The molecule has 0 atom stereocenters. The normalized spacial score (nSPS) is 10.6. The van der Waals surface area contributed by atoms with Gasteiger partial charge in [-0.3, -0.25) is 9.78 Å². The number of carbonyl (C=O) groups excluding carboxylic acids is 1. The monoisotopic (exact) mass is 430 g/mol. The number of halogens is 1. The minimum atomic E-state index is -0.351. The van der Waals surface area contributed by atoms with E-state index in [1.165, 1.54) is 0 Å². The molecule has 3 aromatic rings. The van der Waals surface area contributed by atoms with Crippen molar-refractivity contribution in [3.8, 4) is 23.0 Å². The number of aromatic nitrogens is 3. The summed E-state index contributed by atoms with van der Waals surface area (Å²) < 4.78 is 16.5. The van der Waals surface area contributed by atoms with Crippen molar-refractivity contribution in [3.05, 3.63) is 53.0 Å². The van der Waals surface area contributed by atoms with E-state index in [0.717, 1.165) is 12.8 Å². The van der Waals surface area contributed by atoms with Crippen molar-refractivity contribution in [2.75, 3.05) is 13.2 Å². The fraction of sp³-hybridized carbons (Fsp3) is 0.333. The molecule has 8 nitrogen and oxygen atoms in total. The molecule has 3 rings (SSSR count). The molecule has 1 N–H and O–H groups in total. The van der Waals surface area contributed by atoms with Gasteiger partial charge >= 0.3 is 0 Å². The third-order valence-corrected chi connectivity index (χ3v) is 4.36. The highest BCUT2D eigenvalue weighted by molar-refractivity contribution is 6.32. The van der Waals surface area contributed by atoms with Gasteiger partial charge in [-0.05, 0) is 37.6 Å². The summed E-state index contributed by atoms with van der Waals surface area (Å²) in [6.07, 6.45) is 3.54. The van der Waals surface area contributed by atoms with Gasteiger partial charge in [0.15, 0.2) is 11.5 Å². The molecule has 0 aliphatic rings. The van der Waals surface area contributed by atoms with Gasteiger partial charge in [0.25, 0.3) is 5.91 Å². The van der Waals surface area contributed by atoms with Gasteiger partial charge in [0.2, 0.25) is 11.7 Å². The lowest BCUT2D eigenvalue weighted by Crippen LogP contribution is -2.23. The first-order valence-electron chi connectivity index (χ1n) is 9.73. The lowest BCUT2D eigenvalue weighted by molar-refractivity contribution is 0.0945. The zero-order valence-corrected chi connectivity index (χ0v) is 17.6. The SMILES string of the molecule is CCCCOc1c(Cl)cc(C(=O)NCc2nc(-c3ccccn3)no2)cc1OCC. The summed E-state index contributed by atoms with van der Waals surface area (Å²) in [5, 5.41) is 6.93. The lowest BCUT2D eigenvalue weighted by atomic mass is 10.2. The van der Waals surface area contributed by atoms with Gasteiger partial charge in [0.1, 0.15) is 5.69 Å². The Labute approximate surface area is 179 Å². The van der Waals surface area contributed by atoms with Crippen LogP contribution < -0.4 is 14.8 Å². The molecule has 158 valence electrons. The number of pyridine rings is 1. The van der Waals surface area contributed by atoms with Crippen molar-refractivity contribution in [2.45, 2.75) is 33.2 Å². The molecular formula is C21H23ClN4O4. The van der Waals surface area contributed by atoms with Gasteiger partial charge < -0.3 is 19.3 Å². The summed E-state index contributed by atoms with van der Waals surface area (Å²) >= 11 is 6.35. The van der Waals surface area contributed by atoms with Gasteiger partial charge in [-0.25, -0.2) is 0 Å². The van der Waals surface area contributed by atoms with Crippen LogP contribution in [0.4, 0.5) is 0 Å². The molecule has 0 saturated heterocycles. The Morgan fingerprint density at radius 1 is 1.23 bits per heavy atom. The fourth-order valence-corrected chi connectivity index (χ4v) is 2.87. The second-order valence-corrected chi connectivity index (χ2v) is 6.74. The van der Waals surface area contributed by atoms with Crippen LogP contribution in [0.15, 0.2) is 41.1 Å². The molecule has 2 aromatic heterocycles. The summed E-state index contributed by atoms with van der Waals surface area (Å²) in [5.74, 6) is 1.15. The summed E-state index contributed by atoms with van der Waals surface area (Å²) in [5.41, 5.74) is 0.932. The standard InChI is InChI=1S/C21H23ClN4O4/c1-3-5-10-29-19-15(22)11-14(12-17(19)28-4-2)21(27)24-13-18-25-20(26-30-18)16-8-6-7-9-23-16/h6-9,11-12H,3-5,10,13H2,1-2H3,(H,24,27). The Hall–Kier alpha value is -3.13. The number of hydrogen-bond donors (Lipinski definition) is 1. The quantitative estimate of drug-likeness (QED) is 0.479. The fourth-order valence-electron chi connectivity index (χ4n) is 2.60. The van der Waals surface area contributed by atoms with Crippen LogP contribution in [0.3, 0.4) is 0 Å². The van der Waals surface area contributed by atoms with E-state index in [1.807, 2.05) is 13.0 Å². The first-order valence-corrected chi connectivity index (χ1v) is 10.1. The van der Waals surface area contributed by atoms with E-state index in [0.29, 0.717) is 46.8 Å². The van der Waals surface area contributed by atoms with E-state index < -0.39 is 0 Å². The second-order valence-electron chi connectivity index (χ2n) is 6.33. The average Bonchev–Trinajstić information content (AvgIpc) is 3.23. The molecule has 0 bridgehead atoms. The van der Waals surface area contributed by atoms with Crippen molar-refractivity contribution in [1.29, 1.82) is 0 Å². The lowest BCUT2D eigenvalue weighted by Gasteiger charge is -2.15. The molecular weight excluding hydrogens is 408 g/mol. The number of carbonyl (C=O) groups is 1. The van der Waals surface area contributed by atoms with Crippen LogP contribution in [0, 0.1) is 0 Å². The molecule has 30 heavy (non-hydrogen) atoms. The molecule has 0 spiro atoms. The second kappa shape index (κ2) is 10.6. The van der Waals surface area contributed by atoms with E-state index in [2.05, 4.69) is 27.4 Å². The van der Waals surface area contributed by atoms with Gasteiger partial charge in [0.05, 0.1) is 24.8 Å². The van der Waals surface area contributed by atoms with Crippen molar-refractivity contribution in [2.24, 2.45) is 0 Å². The Morgan fingerprint density at radius 2 is 2.10 bits per heavy atom. The van der Waals surface area contributed by atoms with Gasteiger partial charge in [-0.1, -0.05) is 36.2 Å². The molecule has 0 aliphatic carbocycles. The van der Waals surface area contributed by atoms with Crippen LogP contribution in [0.2, 0.25) is 5.02 Å². The van der Waals surface area contributed by atoms with E-state index >= 15 is 0 Å². The number of ether oxygens (including phenoxy) is 2. The van der Waals surface area contributed by atoms with Crippen LogP contribution in [-0.4, -0.2) is 34.2 Å². The maximum atomic E-state index is 12.6. The Kier molecular flexibility index (Phi) is 7.62. The maximum Gasteiger partial charge on any atom is 0.251 e. The highest BCUT2D eigenvalue weighted by Gasteiger charge is 2.17. The largest absolute Gasteiger partial charge is 0.490 e. The molecule has 0 aliphatic heterocycles. The number of rotatable bonds is 10. The number of nitrogens with one attached hydrogen (secondary N) is 1. The topological polar surface area (TPSA) is 99.4 Å². The van der Waals surface area contributed by atoms with E-state index in [-0.39, 0.29) is 18.3 Å². The van der Waals surface area contributed by atoms with E-state index in [4.69, 9.17) is 25.6 Å². The first kappa shape index (κ1) is 21.6. The van der Waals surface area contributed by atoms with E-state index in [1.54, 1.807) is 30.5 Å². The third-order valence-electron chi connectivity index (χ3n) is 4.08. The Bertz CT molecular complexity index is 978. The predicted octanol–water partition coefficient (Wildman–Crippen LogP) is 4.29. The van der Waals surface area contributed by atoms with Crippen molar-refractivity contribution in [3.63, 3.8) is 0 Å². The predicted molar refractivity (Wildman–Crippen MR) is 112 cm³/mol. The summed E-state index contributed by atoms with van der Waals surface area (Å²) in [7, 11) is 0. The summed E-state index contributed by atoms with van der Waals surface area (Å²) in [6.45, 7) is 4.94. The minimum Gasteiger partial charge on any atom is -0.490 e. The van der Waals surface area contributed by atoms with Gasteiger partial charge in [-0.15, -0.1) is 0 Å². The van der Waals surface area contributed by atoms with Crippen LogP contribution in [0.1, 0.15) is 42.9 Å². The molecule has 2 heterocycles. The van der Waals surface area contributed by atoms with Crippen molar-refractivity contribution >= 4 is 17.5 Å². The number of benzene rings is 1. The van der Waals surface area contributed by atoms with E-state index in [9.17, 15) is 4.79 Å². The summed E-state index contributed by atoms with van der Waals surface area (Å²) in [4.78, 5) is 21.0. The van der Waals surface area contributed by atoms with Crippen LogP contribution in [-0.2, 0) is 6.54 Å². The zero-order chi connectivity index (χ0) is 21.3. The molecule has 0 unspecified atom stereocenters. The average molecular weight is 431 g/mol. The number of unbranched alkanes of at least 4 members (excludes halogenated alkanes) is 1. The van der Waals surface area contributed by atoms with Crippen molar-refractivity contribution < 1.29 is 18.8 Å². The molecule has 1 amide bonds. The number of amides is 1. The van der Waals surface area contributed by atoms with Crippen molar-refractivity contribution in [1.82, 2.24) is 20.4 Å².